The number of fused-ring (bicyclic) bond motifs is 1. The molecule has 2 N–H and O–H groups in total. The molecule has 2 aromatic rings. The van der Waals surface area contributed by atoms with E-state index in [2.05, 4.69) is 20.3 Å². The second-order valence-corrected chi connectivity index (χ2v) is 6.77. The molecule has 0 spiro atoms. The lowest BCUT2D eigenvalue weighted by Gasteiger charge is -2.22. The number of aromatic nitrogens is 3. The predicted molar refractivity (Wildman–Crippen MR) is 68.0 cm³/mol. The van der Waals surface area contributed by atoms with Crippen molar-refractivity contribution in [1.29, 1.82) is 0 Å². The number of pyridine rings is 1. The van der Waals surface area contributed by atoms with Crippen LogP contribution in [0.15, 0.2) is 18.5 Å². The van der Waals surface area contributed by atoms with E-state index in [-0.39, 0.29) is 17.5 Å². The number of hydrogen-bond donors (Lipinski definition) is 2. The Labute approximate surface area is 105 Å². The molecule has 6 nitrogen and oxygen atoms in total. The van der Waals surface area contributed by atoms with E-state index in [0.29, 0.717) is 13.0 Å². The summed E-state index contributed by atoms with van der Waals surface area (Å²) >= 11 is 0. The van der Waals surface area contributed by atoms with Crippen molar-refractivity contribution in [2.75, 3.05) is 18.1 Å². The smallest absolute Gasteiger partial charge is 0.153 e. The van der Waals surface area contributed by atoms with Gasteiger partial charge >= 0.3 is 0 Å². The number of sulfone groups is 1. The van der Waals surface area contributed by atoms with Crippen LogP contribution in [0.2, 0.25) is 0 Å². The number of aromatic amines is 1. The minimum atomic E-state index is -2.90. The van der Waals surface area contributed by atoms with Crippen molar-refractivity contribution < 1.29 is 8.42 Å². The molecule has 0 aromatic carbocycles. The topological polar surface area (TPSA) is 87.7 Å². The minimum Gasteiger partial charge on any atom is -0.341 e. The van der Waals surface area contributed by atoms with E-state index in [0.717, 1.165) is 16.9 Å². The van der Waals surface area contributed by atoms with E-state index in [1.165, 1.54) is 0 Å². The summed E-state index contributed by atoms with van der Waals surface area (Å²) in [6.07, 6.45) is 4.00. The fourth-order valence-corrected chi connectivity index (χ4v) is 3.68. The summed E-state index contributed by atoms with van der Waals surface area (Å²) in [5, 5.41) is 3.21. The van der Waals surface area contributed by atoms with Crippen LogP contribution in [0.5, 0.6) is 0 Å². The number of H-pyrrole nitrogens is 1. The van der Waals surface area contributed by atoms with Crippen LogP contribution >= 0.6 is 0 Å². The maximum absolute atomic E-state index is 11.5. The van der Waals surface area contributed by atoms with Crippen molar-refractivity contribution >= 4 is 20.9 Å². The first-order chi connectivity index (χ1) is 8.62. The average Bonchev–Trinajstić information content (AvgIpc) is 2.69. The van der Waals surface area contributed by atoms with E-state index < -0.39 is 9.84 Å². The lowest BCUT2D eigenvalue weighted by Crippen LogP contribution is -2.46. The average molecular weight is 266 g/mol. The molecule has 1 fully saturated rings. The van der Waals surface area contributed by atoms with Gasteiger partial charge in [0.2, 0.25) is 0 Å². The number of rotatable bonds is 2. The summed E-state index contributed by atoms with van der Waals surface area (Å²) in [5.74, 6) is 1.21. The molecule has 1 atom stereocenters. The molecule has 1 unspecified atom stereocenters. The van der Waals surface area contributed by atoms with Gasteiger partial charge in [0.05, 0.1) is 28.7 Å². The molecule has 96 valence electrons. The number of nitrogens with zero attached hydrogens (tertiary/aromatic N) is 2. The molecule has 1 aliphatic rings. The Hall–Kier alpha value is -1.47. The highest BCUT2D eigenvalue weighted by molar-refractivity contribution is 7.91. The van der Waals surface area contributed by atoms with Gasteiger partial charge in [0.25, 0.3) is 0 Å². The summed E-state index contributed by atoms with van der Waals surface area (Å²) in [6.45, 7) is 0.523. The Morgan fingerprint density at radius 3 is 3.11 bits per heavy atom. The number of nitrogens with one attached hydrogen (secondary N) is 2. The maximum atomic E-state index is 11.5. The zero-order chi connectivity index (χ0) is 12.6. The summed E-state index contributed by atoms with van der Waals surface area (Å²) in [5.41, 5.74) is 1.74. The minimum absolute atomic E-state index is 0.0581. The predicted octanol–water partition coefficient (Wildman–Crippen LogP) is -0.113. The highest BCUT2D eigenvalue weighted by Crippen LogP contribution is 2.12. The normalized spacial score (nSPS) is 23.2. The molecule has 0 radical (unpaired) electrons. The van der Waals surface area contributed by atoms with Gasteiger partial charge in [0.1, 0.15) is 5.82 Å². The van der Waals surface area contributed by atoms with Crippen LogP contribution in [0.3, 0.4) is 0 Å². The first-order valence-corrected chi connectivity index (χ1v) is 7.67. The Morgan fingerprint density at radius 1 is 1.44 bits per heavy atom. The van der Waals surface area contributed by atoms with Crippen LogP contribution in [0, 0.1) is 0 Å². The molecule has 1 aliphatic heterocycles. The van der Waals surface area contributed by atoms with Crippen molar-refractivity contribution in [3.05, 3.63) is 24.3 Å². The molecular formula is C11H14N4O2S. The van der Waals surface area contributed by atoms with Crippen molar-refractivity contribution in [2.24, 2.45) is 0 Å². The lowest BCUT2D eigenvalue weighted by molar-refractivity contribution is 0.510. The van der Waals surface area contributed by atoms with Crippen LogP contribution in [0.25, 0.3) is 11.0 Å². The second kappa shape index (κ2) is 4.33. The van der Waals surface area contributed by atoms with Gasteiger partial charge in [0.15, 0.2) is 9.84 Å². The molecule has 7 heteroatoms. The first kappa shape index (κ1) is 11.6. The molecular weight excluding hydrogens is 252 g/mol. The van der Waals surface area contributed by atoms with Gasteiger partial charge < -0.3 is 10.3 Å². The van der Waals surface area contributed by atoms with Gasteiger partial charge in [0, 0.05) is 25.2 Å². The Bertz CT molecular complexity index is 631. The Kier molecular flexibility index (Phi) is 2.79. The summed E-state index contributed by atoms with van der Waals surface area (Å²) < 4.78 is 23.1. The molecule has 3 heterocycles. The Morgan fingerprint density at radius 2 is 2.33 bits per heavy atom. The first-order valence-electron chi connectivity index (χ1n) is 5.85. The highest BCUT2D eigenvalue weighted by atomic mass is 32.2. The van der Waals surface area contributed by atoms with Crippen molar-refractivity contribution in [3.63, 3.8) is 0 Å². The standard InChI is InChI=1S/C11H14N4O2S/c16-18(17)4-3-13-8(7-18)5-11-14-9-1-2-12-6-10(9)15-11/h1-2,6,8,13H,3-5,7H2,(H,14,15). The zero-order valence-corrected chi connectivity index (χ0v) is 10.6. The van der Waals surface area contributed by atoms with Crippen molar-refractivity contribution in [1.82, 2.24) is 20.3 Å². The molecule has 0 aliphatic carbocycles. The molecule has 0 bridgehead atoms. The second-order valence-electron chi connectivity index (χ2n) is 4.55. The molecule has 0 amide bonds. The van der Waals surface area contributed by atoms with Gasteiger partial charge in [-0.3, -0.25) is 4.98 Å². The van der Waals surface area contributed by atoms with Crippen LogP contribution in [-0.2, 0) is 16.3 Å². The lowest BCUT2D eigenvalue weighted by atomic mass is 10.2. The third-order valence-electron chi connectivity index (χ3n) is 3.07. The summed E-state index contributed by atoms with van der Waals surface area (Å²) in [7, 11) is -2.90. The van der Waals surface area contributed by atoms with Crippen LogP contribution < -0.4 is 5.32 Å². The number of imidazole rings is 1. The van der Waals surface area contributed by atoms with Gasteiger partial charge in [-0.2, -0.15) is 0 Å². The zero-order valence-electron chi connectivity index (χ0n) is 9.76. The van der Waals surface area contributed by atoms with Crippen molar-refractivity contribution in [2.45, 2.75) is 12.5 Å². The summed E-state index contributed by atoms with van der Waals surface area (Å²) in [4.78, 5) is 11.6. The molecule has 2 aromatic heterocycles. The highest BCUT2D eigenvalue weighted by Gasteiger charge is 2.25. The van der Waals surface area contributed by atoms with Gasteiger partial charge in [-0.15, -0.1) is 0 Å². The number of hydrogen-bond acceptors (Lipinski definition) is 5. The third kappa shape index (κ3) is 2.37. The van der Waals surface area contributed by atoms with Crippen LogP contribution in [0.4, 0.5) is 0 Å². The molecule has 3 rings (SSSR count). The quantitative estimate of drug-likeness (QED) is 0.791. The van der Waals surface area contributed by atoms with E-state index in [1.54, 1.807) is 12.4 Å². The van der Waals surface area contributed by atoms with Gasteiger partial charge in [-0.05, 0) is 6.07 Å². The van der Waals surface area contributed by atoms with Gasteiger partial charge in [-0.1, -0.05) is 0 Å². The fraction of sp³-hybridized carbons (Fsp3) is 0.455. The fourth-order valence-electron chi connectivity index (χ4n) is 2.24. The molecule has 1 saturated heterocycles. The van der Waals surface area contributed by atoms with E-state index in [9.17, 15) is 8.42 Å². The Balaban J connectivity index is 1.80. The largest absolute Gasteiger partial charge is 0.341 e. The maximum Gasteiger partial charge on any atom is 0.153 e. The SMILES string of the molecule is O=S1(=O)CCNC(Cc2nc3ccncc3[nH]2)C1. The van der Waals surface area contributed by atoms with Crippen LogP contribution in [0.1, 0.15) is 5.82 Å². The monoisotopic (exact) mass is 266 g/mol. The van der Waals surface area contributed by atoms with E-state index in [1.807, 2.05) is 6.07 Å². The van der Waals surface area contributed by atoms with Crippen molar-refractivity contribution in [3.8, 4) is 0 Å². The van der Waals surface area contributed by atoms with Gasteiger partial charge in [-0.25, -0.2) is 13.4 Å². The third-order valence-corrected chi connectivity index (χ3v) is 4.81. The van der Waals surface area contributed by atoms with Crippen LogP contribution in [-0.4, -0.2) is 47.5 Å². The van der Waals surface area contributed by atoms with E-state index in [4.69, 9.17) is 0 Å². The molecule has 18 heavy (non-hydrogen) atoms. The summed E-state index contributed by atoms with van der Waals surface area (Å²) in [6, 6.07) is 1.78. The molecule has 0 saturated carbocycles. The van der Waals surface area contributed by atoms with E-state index >= 15 is 0 Å².